The summed E-state index contributed by atoms with van der Waals surface area (Å²) < 4.78 is 1.39. The number of phenolic OH excluding ortho intramolecular Hbond substituents is 1. The quantitative estimate of drug-likeness (QED) is 0.287. The van der Waals surface area contributed by atoms with E-state index in [4.69, 9.17) is 5.41 Å². The summed E-state index contributed by atoms with van der Waals surface area (Å²) in [6.45, 7) is 1.83. The van der Waals surface area contributed by atoms with Gasteiger partial charge in [-0.2, -0.15) is 5.10 Å². The lowest BCUT2D eigenvalue weighted by molar-refractivity contribution is 0.102. The third kappa shape index (κ3) is 4.72. The highest BCUT2D eigenvalue weighted by Crippen LogP contribution is 2.25. The number of benzene rings is 2. The molecule has 1 aromatic heterocycles. The molecule has 0 bridgehead atoms. The van der Waals surface area contributed by atoms with Crippen molar-refractivity contribution in [3.63, 3.8) is 0 Å². The van der Waals surface area contributed by atoms with Crippen molar-refractivity contribution < 1.29 is 14.7 Å². The zero-order valence-electron chi connectivity index (χ0n) is 17.7. The minimum Gasteiger partial charge on any atom is -0.506 e. The normalized spacial score (nSPS) is 10.5. The standard InChI is InChI=1S/C22H24N6O3/c1-13-5-10-17(18(29)11-13)25-22(31)16-12-24-28(4)20(16)26-21(30)15-8-6-14(7-9-15)19(23)27(2)3/h5-12,23,29H,1-4H3,(H,25,31)(H,26,30). The number of carbonyl (C=O) groups is 2. The second-order valence-corrected chi connectivity index (χ2v) is 7.28. The van der Waals surface area contributed by atoms with E-state index in [1.807, 2.05) is 6.92 Å². The minimum atomic E-state index is -0.516. The van der Waals surface area contributed by atoms with Gasteiger partial charge in [0.05, 0.1) is 11.9 Å². The molecule has 0 unspecified atom stereocenters. The third-order valence-corrected chi connectivity index (χ3v) is 4.68. The number of carbonyl (C=O) groups excluding carboxylic acids is 2. The smallest absolute Gasteiger partial charge is 0.261 e. The summed E-state index contributed by atoms with van der Waals surface area (Å²) in [6.07, 6.45) is 1.34. The summed E-state index contributed by atoms with van der Waals surface area (Å²) in [7, 11) is 5.15. The molecule has 0 radical (unpaired) electrons. The molecule has 0 aliphatic carbocycles. The molecule has 0 saturated heterocycles. The number of amidine groups is 1. The van der Waals surface area contributed by atoms with E-state index in [0.29, 0.717) is 17.0 Å². The van der Waals surface area contributed by atoms with Crippen LogP contribution in [0.1, 0.15) is 31.8 Å². The number of nitrogens with one attached hydrogen (secondary N) is 3. The van der Waals surface area contributed by atoms with Gasteiger partial charge in [-0.3, -0.25) is 19.7 Å². The average Bonchev–Trinajstić information content (AvgIpc) is 3.09. The highest BCUT2D eigenvalue weighted by atomic mass is 16.3. The molecule has 0 spiro atoms. The number of aromatic nitrogens is 2. The summed E-state index contributed by atoms with van der Waals surface area (Å²) in [5, 5.41) is 27.4. The van der Waals surface area contributed by atoms with Crippen LogP contribution in [0.3, 0.4) is 0 Å². The molecule has 0 atom stereocenters. The van der Waals surface area contributed by atoms with Gasteiger partial charge < -0.3 is 20.6 Å². The van der Waals surface area contributed by atoms with Crippen molar-refractivity contribution in [2.75, 3.05) is 24.7 Å². The van der Waals surface area contributed by atoms with Gasteiger partial charge in [-0.05, 0) is 36.8 Å². The van der Waals surface area contributed by atoms with Crippen LogP contribution in [0.5, 0.6) is 5.75 Å². The second-order valence-electron chi connectivity index (χ2n) is 7.28. The topological polar surface area (TPSA) is 123 Å². The van der Waals surface area contributed by atoms with E-state index >= 15 is 0 Å². The van der Waals surface area contributed by atoms with Gasteiger partial charge in [0.25, 0.3) is 11.8 Å². The first-order valence-corrected chi connectivity index (χ1v) is 9.48. The lowest BCUT2D eigenvalue weighted by Crippen LogP contribution is -2.22. The molecule has 9 heteroatoms. The molecule has 4 N–H and O–H groups in total. The summed E-state index contributed by atoms with van der Waals surface area (Å²) in [4.78, 5) is 27.1. The molecule has 2 amide bonds. The van der Waals surface area contributed by atoms with E-state index in [0.717, 1.165) is 5.56 Å². The number of hydrogen-bond donors (Lipinski definition) is 4. The summed E-state index contributed by atoms with van der Waals surface area (Å²) in [5.74, 6) is -0.432. The number of nitrogens with zero attached hydrogens (tertiary/aromatic N) is 3. The van der Waals surface area contributed by atoms with Gasteiger partial charge in [0.2, 0.25) is 0 Å². The maximum Gasteiger partial charge on any atom is 0.261 e. The number of phenols is 1. The molecule has 31 heavy (non-hydrogen) atoms. The zero-order chi connectivity index (χ0) is 22.7. The predicted octanol–water partition coefficient (Wildman–Crippen LogP) is 2.83. The van der Waals surface area contributed by atoms with E-state index in [-0.39, 0.29) is 22.8 Å². The maximum atomic E-state index is 12.7. The number of rotatable bonds is 5. The van der Waals surface area contributed by atoms with Crippen LogP contribution < -0.4 is 10.6 Å². The van der Waals surface area contributed by atoms with E-state index in [1.165, 1.54) is 10.9 Å². The first kappa shape index (κ1) is 21.6. The fourth-order valence-electron chi connectivity index (χ4n) is 2.91. The van der Waals surface area contributed by atoms with Crippen molar-refractivity contribution in [2.45, 2.75) is 6.92 Å². The molecule has 3 aromatic rings. The van der Waals surface area contributed by atoms with Crippen LogP contribution >= 0.6 is 0 Å². The van der Waals surface area contributed by atoms with Gasteiger partial charge in [-0.25, -0.2) is 0 Å². The molecule has 0 saturated carbocycles. The van der Waals surface area contributed by atoms with Crippen LogP contribution in [-0.4, -0.2) is 51.5 Å². The Balaban J connectivity index is 1.78. The van der Waals surface area contributed by atoms with Crippen LogP contribution in [0.4, 0.5) is 11.5 Å². The van der Waals surface area contributed by atoms with Crippen LogP contribution in [0, 0.1) is 12.3 Å². The summed E-state index contributed by atoms with van der Waals surface area (Å²) in [5.41, 5.74) is 2.33. The van der Waals surface area contributed by atoms with Gasteiger partial charge >= 0.3 is 0 Å². The van der Waals surface area contributed by atoms with Crippen LogP contribution in [0.25, 0.3) is 0 Å². The molecule has 0 aliphatic rings. The highest BCUT2D eigenvalue weighted by molar-refractivity contribution is 6.12. The highest BCUT2D eigenvalue weighted by Gasteiger charge is 2.20. The average molecular weight is 420 g/mol. The Morgan fingerprint density at radius 2 is 1.68 bits per heavy atom. The molecule has 3 rings (SSSR count). The second kappa shape index (κ2) is 8.70. The molecular formula is C22H24N6O3. The molecule has 1 heterocycles. The van der Waals surface area contributed by atoms with Crippen LogP contribution in [-0.2, 0) is 7.05 Å². The van der Waals surface area contributed by atoms with Crippen molar-refractivity contribution in [3.8, 4) is 5.75 Å². The Kier molecular flexibility index (Phi) is 6.05. The lowest BCUT2D eigenvalue weighted by atomic mass is 10.1. The summed E-state index contributed by atoms with van der Waals surface area (Å²) >= 11 is 0. The van der Waals surface area contributed by atoms with Gasteiger partial charge in [0.15, 0.2) is 0 Å². The van der Waals surface area contributed by atoms with Gasteiger partial charge in [-0.1, -0.05) is 18.2 Å². The Labute approximate surface area is 179 Å². The Hall–Kier alpha value is -4.14. The number of aryl methyl sites for hydroxylation is 2. The Morgan fingerprint density at radius 1 is 1.03 bits per heavy atom. The van der Waals surface area contributed by atoms with Crippen molar-refractivity contribution in [3.05, 3.63) is 70.9 Å². The van der Waals surface area contributed by atoms with E-state index < -0.39 is 11.8 Å². The third-order valence-electron chi connectivity index (χ3n) is 4.68. The molecule has 0 aliphatic heterocycles. The Morgan fingerprint density at radius 3 is 2.29 bits per heavy atom. The first-order chi connectivity index (χ1) is 14.7. The van der Waals surface area contributed by atoms with E-state index in [1.54, 1.807) is 68.5 Å². The molecular weight excluding hydrogens is 396 g/mol. The SMILES string of the molecule is Cc1ccc(NC(=O)c2cnn(C)c2NC(=O)c2ccc(C(=N)N(C)C)cc2)c(O)c1. The predicted molar refractivity (Wildman–Crippen MR) is 119 cm³/mol. The van der Waals surface area contributed by atoms with E-state index in [2.05, 4.69) is 15.7 Å². The van der Waals surface area contributed by atoms with Crippen molar-refractivity contribution in [2.24, 2.45) is 7.05 Å². The monoisotopic (exact) mass is 420 g/mol. The van der Waals surface area contributed by atoms with Gasteiger partial charge in [0, 0.05) is 32.3 Å². The van der Waals surface area contributed by atoms with E-state index in [9.17, 15) is 14.7 Å². The Bertz CT molecular complexity index is 1150. The van der Waals surface area contributed by atoms with Crippen molar-refractivity contribution in [1.29, 1.82) is 5.41 Å². The van der Waals surface area contributed by atoms with Crippen LogP contribution in [0.15, 0.2) is 48.7 Å². The van der Waals surface area contributed by atoms with Gasteiger partial charge in [-0.15, -0.1) is 0 Å². The number of amides is 2. The number of aromatic hydroxyl groups is 1. The number of hydrogen-bond acceptors (Lipinski definition) is 5. The van der Waals surface area contributed by atoms with Crippen molar-refractivity contribution >= 4 is 29.2 Å². The molecule has 0 fully saturated rings. The molecule has 2 aromatic carbocycles. The molecule has 9 nitrogen and oxygen atoms in total. The fourth-order valence-corrected chi connectivity index (χ4v) is 2.91. The molecule has 160 valence electrons. The fraction of sp³-hybridized carbons (Fsp3) is 0.182. The number of anilines is 2. The van der Waals surface area contributed by atoms with Crippen molar-refractivity contribution in [1.82, 2.24) is 14.7 Å². The first-order valence-electron chi connectivity index (χ1n) is 9.48. The van der Waals surface area contributed by atoms with Crippen LogP contribution in [0.2, 0.25) is 0 Å². The summed E-state index contributed by atoms with van der Waals surface area (Å²) in [6, 6.07) is 11.5. The largest absolute Gasteiger partial charge is 0.506 e. The lowest BCUT2D eigenvalue weighted by Gasteiger charge is -2.14. The maximum absolute atomic E-state index is 12.7. The van der Waals surface area contributed by atoms with Gasteiger partial charge in [0.1, 0.15) is 23.0 Å². The minimum absolute atomic E-state index is 0.0498. The zero-order valence-corrected chi connectivity index (χ0v) is 17.7.